The van der Waals surface area contributed by atoms with Gasteiger partial charge in [0.2, 0.25) is 0 Å². The second-order valence-corrected chi connectivity index (χ2v) is 6.74. The highest BCUT2D eigenvalue weighted by Crippen LogP contribution is 2.28. The van der Waals surface area contributed by atoms with Crippen molar-refractivity contribution in [2.45, 2.75) is 39.1 Å². The van der Waals surface area contributed by atoms with E-state index >= 15 is 0 Å². The first-order valence-electron chi connectivity index (χ1n) is 7.89. The Morgan fingerprint density at radius 1 is 1.12 bits per heavy atom. The molecule has 4 nitrogen and oxygen atoms in total. The van der Waals surface area contributed by atoms with Gasteiger partial charge < -0.3 is 14.6 Å². The number of carboxylic acids is 1. The van der Waals surface area contributed by atoms with Crippen molar-refractivity contribution in [3.05, 3.63) is 63.6 Å². The SMILES string of the molecule is CC(C)O[C@@H](Cc1cccc(COc2ccc(Cl)cc2Cl)c1)C(=O)O. The number of halogens is 2. The molecular formula is C19H20Cl2O4. The molecule has 0 aliphatic carbocycles. The molecule has 6 heteroatoms. The summed E-state index contributed by atoms with van der Waals surface area (Å²) in [5, 5.41) is 10.3. The largest absolute Gasteiger partial charge is 0.487 e. The number of carbonyl (C=O) groups is 1. The summed E-state index contributed by atoms with van der Waals surface area (Å²) >= 11 is 12.0. The van der Waals surface area contributed by atoms with Gasteiger partial charge in [-0.2, -0.15) is 0 Å². The molecule has 0 spiro atoms. The fraction of sp³-hybridized carbons (Fsp3) is 0.316. The van der Waals surface area contributed by atoms with Gasteiger partial charge in [0.25, 0.3) is 0 Å². The molecule has 0 fully saturated rings. The zero-order valence-electron chi connectivity index (χ0n) is 14.0. The van der Waals surface area contributed by atoms with Crippen LogP contribution in [0.25, 0.3) is 0 Å². The van der Waals surface area contributed by atoms with E-state index in [0.717, 1.165) is 11.1 Å². The lowest BCUT2D eigenvalue weighted by atomic mass is 10.0. The van der Waals surface area contributed by atoms with Gasteiger partial charge in [0.1, 0.15) is 12.4 Å². The first-order chi connectivity index (χ1) is 11.8. The Kier molecular flexibility index (Phi) is 7.12. The van der Waals surface area contributed by atoms with E-state index in [1.807, 2.05) is 38.1 Å². The Morgan fingerprint density at radius 2 is 1.84 bits per heavy atom. The number of benzene rings is 2. The Balaban J connectivity index is 2.04. The van der Waals surface area contributed by atoms with Gasteiger partial charge in [-0.15, -0.1) is 0 Å². The molecule has 0 radical (unpaired) electrons. The van der Waals surface area contributed by atoms with Gasteiger partial charge in [-0.25, -0.2) is 4.79 Å². The average Bonchev–Trinajstić information content (AvgIpc) is 2.53. The Hall–Kier alpha value is -1.75. The summed E-state index contributed by atoms with van der Waals surface area (Å²) in [6.45, 7) is 3.95. The van der Waals surface area contributed by atoms with Crippen molar-refractivity contribution in [1.82, 2.24) is 0 Å². The van der Waals surface area contributed by atoms with Crippen molar-refractivity contribution in [2.75, 3.05) is 0 Å². The minimum Gasteiger partial charge on any atom is -0.487 e. The van der Waals surface area contributed by atoms with Crippen LogP contribution >= 0.6 is 23.2 Å². The van der Waals surface area contributed by atoms with E-state index in [0.29, 0.717) is 28.8 Å². The number of rotatable bonds is 8. The summed E-state index contributed by atoms with van der Waals surface area (Å²) < 4.78 is 11.2. The molecule has 0 amide bonds. The van der Waals surface area contributed by atoms with Crippen LogP contribution in [0.4, 0.5) is 0 Å². The van der Waals surface area contributed by atoms with E-state index < -0.39 is 12.1 Å². The minimum absolute atomic E-state index is 0.153. The third kappa shape index (κ3) is 6.24. The standard InChI is InChI=1S/C19H20Cl2O4/c1-12(2)25-18(19(22)23)9-13-4-3-5-14(8-13)11-24-17-7-6-15(20)10-16(17)21/h3-8,10,12,18H,9,11H2,1-2H3,(H,22,23)/t18-/m0/s1. The average molecular weight is 383 g/mol. The molecule has 2 aromatic carbocycles. The van der Waals surface area contributed by atoms with Gasteiger partial charge in [-0.3, -0.25) is 0 Å². The first-order valence-corrected chi connectivity index (χ1v) is 8.64. The molecule has 25 heavy (non-hydrogen) atoms. The van der Waals surface area contributed by atoms with Crippen molar-refractivity contribution < 1.29 is 19.4 Å². The zero-order valence-corrected chi connectivity index (χ0v) is 15.6. The fourth-order valence-electron chi connectivity index (χ4n) is 2.34. The van der Waals surface area contributed by atoms with Crippen LogP contribution in [0.3, 0.4) is 0 Å². The van der Waals surface area contributed by atoms with Crippen molar-refractivity contribution in [3.63, 3.8) is 0 Å². The van der Waals surface area contributed by atoms with Crippen molar-refractivity contribution in [2.24, 2.45) is 0 Å². The number of hydrogen-bond donors (Lipinski definition) is 1. The monoisotopic (exact) mass is 382 g/mol. The van der Waals surface area contributed by atoms with Gasteiger partial charge in [0.15, 0.2) is 6.10 Å². The van der Waals surface area contributed by atoms with Gasteiger partial charge in [-0.1, -0.05) is 47.5 Å². The summed E-state index contributed by atoms with van der Waals surface area (Å²) in [4.78, 5) is 11.3. The molecule has 2 rings (SSSR count). The van der Waals surface area contributed by atoms with E-state index in [4.69, 9.17) is 32.7 Å². The number of hydrogen-bond acceptors (Lipinski definition) is 3. The maximum absolute atomic E-state index is 11.3. The Morgan fingerprint density at radius 3 is 2.48 bits per heavy atom. The lowest BCUT2D eigenvalue weighted by Crippen LogP contribution is -2.29. The van der Waals surface area contributed by atoms with E-state index in [-0.39, 0.29) is 6.10 Å². The predicted octanol–water partition coefficient (Wildman–Crippen LogP) is 4.99. The lowest BCUT2D eigenvalue weighted by Gasteiger charge is -2.17. The number of aliphatic carboxylic acids is 1. The summed E-state index contributed by atoms with van der Waals surface area (Å²) in [5.74, 6) is -0.425. The Labute approximate surface area is 157 Å². The normalized spacial score (nSPS) is 12.2. The second kappa shape index (κ2) is 9.09. The lowest BCUT2D eigenvalue weighted by molar-refractivity contribution is -0.153. The molecule has 1 N–H and O–H groups in total. The van der Waals surface area contributed by atoms with E-state index in [1.54, 1.807) is 18.2 Å². The molecule has 0 saturated carbocycles. The number of ether oxygens (including phenoxy) is 2. The van der Waals surface area contributed by atoms with Crippen molar-refractivity contribution >= 4 is 29.2 Å². The molecule has 0 unspecified atom stereocenters. The van der Waals surface area contributed by atoms with E-state index in [9.17, 15) is 9.90 Å². The smallest absolute Gasteiger partial charge is 0.333 e. The molecule has 0 aromatic heterocycles. The molecular weight excluding hydrogens is 363 g/mol. The van der Waals surface area contributed by atoms with Crippen LogP contribution in [0.1, 0.15) is 25.0 Å². The summed E-state index contributed by atoms with van der Waals surface area (Å²) in [6.07, 6.45) is -0.732. The number of carboxylic acid groups (broad SMARTS) is 1. The highest BCUT2D eigenvalue weighted by Gasteiger charge is 2.20. The highest BCUT2D eigenvalue weighted by molar-refractivity contribution is 6.35. The molecule has 1 atom stereocenters. The molecule has 134 valence electrons. The third-order valence-electron chi connectivity index (χ3n) is 3.41. The van der Waals surface area contributed by atoms with Gasteiger partial charge in [0, 0.05) is 11.4 Å². The van der Waals surface area contributed by atoms with Crippen LogP contribution in [-0.4, -0.2) is 23.3 Å². The van der Waals surface area contributed by atoms with E-state index in [2.05, 4.69) is 0 Å². The Bertz CT molecular complexity index is 731. The topological polar surface area (TPSA) is 55.8 Å². The van der Waals surface area contributed by atoms with Crippen molar-refractivity contribution in [1.29, 1.82) is 0 Å². The highest BCUT2D eigenvalue weighted by atomic mass is 35.5. The summed E-state index contributed by atoms with van der Waals surface area (Å²) in [5.41, 5.74) is 1.79. The maximum Gasteiger partial charge on any atom is 0.333 e. The van der Waals surface area contributed by atoms with E-state index in [1.165, 1.54) is 0 Å². The van der Waals surface area contributed by atoms with Crippen LogP contribution in [0.15, 0.2) is 42.5 Å². The molecule has 0 aliphatic rings. The van der Waals surface area contributed by atoms with Crippen LogP contribution in [0.2, 0.25) is 10.0 Å². The third-order valence-corrected chi connectivity index (χ3v) is 3.94. The maximum atomic E-state index is 11.3. The molecule has 2 aromatic rings. The zero-order chi connectivity index (χ0) is 18.4. The van der Waals surface area contributed by atoms with Gasteiger partial charge in [-0.05, 0) is 43.2 Å². The van der Waals surface area contributed by atoms with Crippen LogP contribution in [0, 0.1) is 0 Å². The summed E-state index contributed by atoms with van der Waals surface area (Å²) in [6, 6.07) is 12.6. The van der Waals surface area contributed by atoms with Crippen LogP contribution < -0.4 is 4.74 Å². The van der Waals surface area contributed by atoms with Gasteiger partial charge >= 0.3 is 5.97 Å². The molecule has 0 aliphatic heterocycles. The van der Waals surface area contributed by atoms with Crippen LogP contribution in [0.5, 0.6) is 5.75 Å². The molecule has 0 saturated heterocycles. The first kappa shape index (κ1) is 19.6. The van der Waals surface area contributed by atoms with Gasteiger partial charge in [0.05, 0.1) is 11.1 Å². The van der Waals surface area contributed by atoms with Crippen molar-refractivity contribution in [3.8, 4) is 5.75 Å². The minimum atomic E-state index is -0.969. The predicted molar refractivity (Wildman–Crippen MR) is 98.6 cm³/mol. The van der Waals surface area contributed by atoms with Crippen LogP contribution in [-0.2, 0) is 22.6 Å². The molecule has 0 bridgehead atoms. The molecule has 0 heterocycles. The quantitative estimate of drug-likeness (QED) is 0.698. The second-order valence-electron chi connectivity index (χ2n) is 5.90. The summed E-state index contributed by atoms with van der Waals surface area (Å²) in [7, 11) is 0. The fourth-order valence-corrected chi connectivity index (χ4v) is 2.80.